The third kappa shape index (κ3) is 1.89. The molecule has 0 aromatic carbocycles. The van der Waals surface area contributed by atoms with Gasteiger partial charge in [0.15, 0.2) is 0 Å². The fourth-order valence-corrected chi connectivity index (χ4v) is 2.29. The molecule has 0 amide bonds. The highest BCUT2D eigenvalue weighted by Gasteiger charge is 2.35. The number of hydrogen-bond donors (Lipinski definition) is 1. The molecule has 1 heterocycles. The molecule has 1 aromatic heterocycles. The SMILES string of the molecule is CC1(C)CC/C(=N\O)CC1n1ccnc1. The Kier molecular flexibility index (Phi) is 2.50. The molecule has 2 rings (SSSR count). The van der Waals surface area contributed by atoms with E-state index in [2.05, 4.69) is 28.6 Å². The van der Waals surface area contributed by atoms with E-state index in [-0.39, 0.29) is 5.41 Å². The van der Waals surface area contributed by atoms with E-state index in [4.69, 9.17) is 5.21 Å². The molecule has 1 fully saturated rings. The van der Waals surface area contributed by atoms with Gasteiger partial charge in [-0.25, -0.2) is 4.98 Å². The van der Waals surface area contributed by atoms with E-state index in [0.29, 0.717) is 6.04 Å². The number of hydrogen-bond acceptors (Lipinski definition) is 3. The second kappa shape index (κ2) is 3.68. The lowest BCUT2D eigenvalue weighted by molar-refractivity contribution is 0.186. The summed E-state index contributed by atoms with van der Waals surface area (Å²) in [7, 11) is 0. The van der Waals surface area contributed by atoms with Crippen LogP contribution in [0.25, 0.3) is 0 Å². The first-order valence-electron chi connectivity index (χ1n) is 5.31. The number of rotatable bonds is 1. The quantitative estimate of drug-likeness (QED) is 0.568. The lowest BCUT2D eigenvalue weighted by Gasteiger charge is -2.39. The minimum absolute atomic E-state index is 0.231. The Balaban J connectivity index is 2.26. The van der Waals surface area contributed by atoms with Crippen molar-refractivity contribution in [1.82, 2.24) is 9.55 Å². The molecular formula is C11H17N3O. The largest absolute Gasteiger partial charge is 0.411 e. The summed E-state index contributed by atoms with van der Waals surface area (Å²) in [6.45, 7) is 4.51. The van der Waals surface area contributed by atoms with Crippen molar-refractivity contribution in [1.29, 1.82) is 0 Å². The smallest absolute Gasteiger partial charge is 0.0948 e. The van der Waals surface area contributed by atoms with Gasteiger partial charge in [0, 0.05) is 24.9 Å². The first-order valence-corrected chi connectivity index (χ1v) is 5.31. The van der Waals surface area contributed by atoms with Gasteiger partial charge in [0.05, 0.1) is 12.0 Å². The molecule has 1 aliphatic rings. The number of aromatic nitrogens is 2. The summed E-state index contributed by atoms with van der Waals surface area (Å²) in [6.07, 6.45) is 8.38. The Morgan fingerprint density at radius 3 is 3.00 bits per heavy atom. The minimum Gasteiger partial charge on any atom is -0.411 e. The maximum absolute atomic E-state index is 8.84. The zero-order chi connectivity index (χ0) is 10.9. The molecule has 82 valence electrons. The maximum Gasteiger partial charge on any atom is 0.0948 e. The van der Waals surface area contributed by atoms with Gasteiger partial charge in [0.1, 0.15) is 0 Å². The lowest BCUT2D eigenvalue weighted by Crippen LogP contribution is -2.33. The average molecular weight is 207 g/mol. The minimum atomic E-state index is 0.231. The third-order valence-electron chi connectivity index (χ3n) is 3.42. The zero-order valence-electron chi connectivity index (χ0n) is 9.22. The Morgan fingerprint density at radius 2 is 2.40 bits per heavy atom. The van der Waals surface area contributed by atoms with Crippen LogP contribution in [0, 0.1) is 5.41 Å². The van der Waals surface area contributed by atoms with Gasteiger partial charge in [-0.3, -0.25) is 0 Å². The van der Waals surface area contributed by atoms with Gasteiger partial charge in [-0.2, -0.15) is 0 Å². The molecule has 0 bridgehead atoms. The molecule has 1 N–H and O–H groups in total. The van der Waals surface area contributed by atoms with Crippen LogP contribution >= 0.6 is 0 Å². The monoisotopic (exact) mass is 207 g/mol. The predicted molar refractivity (Wildman–Crippen MR) is 58.1 cm³/mol. The van der Waals surface area contributed by atoms with E-state index < -0.39 is 0 Å². The van der Waals surface area contributed by atoms with E-state index in [1.165, 1.54) is 0 Å². The second-order valence-electron chi connectivity index (χ2n) is 4.88. The second-order valence-corrected chi connectivity index (χ2v) is 4.88. The van der Waals surface area contributed by atoms with Crippen LogP contribution < -0.4 is 0 Å². The van der Waals surface area contributed by atoms with Gasteiger partial charge in [0.2, 0.25) is 0 Å². The zero-order valence-corrected chi connectivity index (χ0v) is 9.22. The van der Waals surface area contributed by atoms with E-state index >= 15 is 0 Å². The predicted octanol–water partition coefficient (Wildman–Crippen LogP) is 2.46. The average Bonchev–Trinajstić information content (AvgIpc) is 2.70. The standard InChI is InChI=1S/C11H17N3O/c1-11(2)4-3-9(13-15)7-10(11)14-6-5-12-8-14/h5-6,8,10,15H,3-4,7H2,1-2H3/b13-9+. The molecule has 0 spiro atoms. The lowest BCUT2D eigenvalue weighted by atomic mass is 9.72. The van der Waals surface area contributed by atoms with Gasteiger partial charge in [0.25, 0.3) is 0 Å². The molecule has 1 unspecified atom stereocenters. The Morgan fingerprint density at radius 1 is 1.60 bits per heavy atom. The van der Waals surface area contributed by atoms with Crippen molar-refractivity contribution >= 4 is 5.71 Å². The van der Waals surface area contributed by atoms with Crippen LogP contribution in [0.2, 0.25) is 0 Å². The normalized spacial score (nSPS) is 28.1. The van der Waals surface area contributed by atoms with Gasteiger partial charge < -0.3 is 9.77 Å². The molecular weight excluding hydrogens is 190 g/mol. The summed E-state index contributed by atoms with van der Waals surface area (Å²) in [5.41, 5.74) is 1.13. The topological polar surface area (TPSA) is 50.4 Å². The molecule has 1 saturated carbocycles. The summed E-state index contributed by atoms with van der Waals surface area (Å²) in [5, 5.41) is 12.2. The fraction of sp³-hybridized carbons (Fsp3) is 0.636. The van der Waals surface area contributed by atoms with Crippen LogP contribution in [0.3, 0.4) is 0 Å². The highest BCUT2D eigenvalue weighted by atomic mass is 16.4. The first-order chi connectivity index (χ1) is 7.13. The van der Waals surface area contributed by atoms with Crippen molar-refractivity contribution in [3.63, 3.8) is 0 Å². The van der Waals surface area contributed by atoms with Crippen LogP contribution in [0.15, 0.2) is 23.9 Å². The van der Waals surface area contributed by atoms with E-state index in [9.17, 15) is 0 Å². The molecule has 4 nitrogen and oxygen atoms in total. The Bertz CT molecular complexity index is 354. The summed E-state index contributed by atoms with van der Waals surface area (Å²) in [4.78, 5) is 4.07. The van der Waals surface area contributed by atoms with Crippen molar-refractivity contribution in [2.45, 2.75) is 39.2 Å². The van der Waals surface area contributed by atoms with E-state index in [0.717, 1.165) is 25.0 Å². The number of oxime groups is 1. The van der Waals surface area contributed by atoms with Crippen LogP contribution in [0.4, 0.5) is 0 Å². The molecule has 15 heavy (non-hydrogen) atoms. The summed E-state index contributed by atoms with van der Waals surface area (Å²) in [5.74, 6) is 0. The van der Waals surface area contributed by atoms with Crippen molar-refractivity contribution in [3.8, 4) is 0 Å². The molecule has 1 atom stereocenters. The van der Waals surface area contributed by atoms with Crippen LogP contribution in [-0.2, 0) is 0 Å². The maximum atomic E-state index is 8.84. The molecule has 1 aromatic rings. The van der Waals surface area contributed by atoms with Crippen molar-refractivity contribution < 1.29 is 5.21 Å². The van der Waals surface area contributed by atoms with Crippen LogP contribution in [0.5, 0.6) is 0 Å². The highest BCUT2D eigenvalue weighted by molar-refractivity contribution is 5.85. The van der Waals surface area contributed by atoms with Crippen molar-refractivity contribution in [2.24, 2.45) is 10.6 Å². The fourth-order valence-electron chi connectivity index (χ4n) is 2.29. The van der Waals surface area contributed by atoms with Crippen molar-refractivity contribution in [2.75, 3.05) is 0 Å². The Hall–Kier alpha value is -1.32. The molecule has 0 aliphatic heterocycles. The van der Waals surface area contributed by atoms with E-state index in [1.54, 1.807) is 6.20 Å². The van der Waals surface area contributed by atoms with Gasteiger partial charge in [-0.1, -0.05) is 19.0 Å². The summed E-state index contributed by atoms with van der Waals surface area (Å²) in [6, 6.07) is 0.347. The van der Waals surface area contributed by atoms with Gasteiger partial charge in [-0.15, -0.1) is 0 Å². The Labute approximate surface area is 89.6 Å². The highest BCUT2D eigenvalue weighted by Crippen LogP contribution is 2.42. The third-order valence-corrected chi connectivity index (χ3v) is 3.42. The summed E-state index contributed by atoms with van der Waals surface area (Å²) < 4.78 is 2.12. The first kappa shape index (κ1) is 10.2. The summed E-state index contributed by atoms with van der Waals surface area (Å²) >= 11 is 0. The molecule has 4 heteroatoms. The molecule has 0 radical (unpaired) electrons. The van der Waals surface area contributed by atoms with E-state index in [1.807, 2.05) is 12.5 Å². The molecule has 0 saturated heterocycles. The number of nitrogens with zero attached hydrogens (tertiary/aromatic N) is 3. The van der Waals surface area contributed by atoms with Crippen LogP contribution in [-0.4, -0.2) is 20.5 Å². The van der Waals surface area contributed by atoms with Crippen LogP contribution in [0.1, 0.15) is 39.2 Å². The van der Waals surface area contributed by atoms with Gasteiger partial charge in [-0.05, 0) is 18.3 Å². The van der Waals surface area contributed by atoms with Gasteiger partial charge >= 0.3 is 0 Å². The molecule has 1 aliphatic carbocycles. The number of imidazole rings is 1. The van der Waals surface area contributed by atoms with Crippen molar-refractivity contribution in [3.05, 3.63) is 18.7 Å².